The number of anilines is 2. The summed E-state index contributed by atoms with van der Waals surface area (Å²) in [4.78, 5) is 3.70. The molecule has 0 atom stereocenters. The summed E-state index contributed by atoms with van der Waals surface area (Å²) in [6.07, 6.45) is 1.30. The molecule has 100 valence electrons. The maximum Gasteiger partial charge on any atom is 0.281 e. The number of aryl methyl sites for hydroxylation is 1. The number of hydrogen-bond acceptors (Lipinski definition) is 4. The zero-order valence-corrected chi connectivity index (χ0v) is 10.9. The Kier molecular flexibility index (Phi) is 3.39. The standard InChI is InChI=1S/C12H12FN3O2S/c1-8-4-5-9(13)11(7-8)16-19(17,18)12-10(14)3-2-6-15-12/h2-7,16H,14H2,1H3. The van der Waals surface area contributed by atoms with E-state index in [9.17, 15) is 12.8 Å². The highest BCUT2D eigenvalue weighted by atomic mass is 32.2. The van der Waals surface area contributed by atoms with Gasteiger partial charge in [-0.15, -0.1) is 0 Å². The van der Waals surface area contributed by atoms with Gasteiger partial charge in [-0.2, -0.15) is 8.42 Å². The number of nitrogen functional groups attached to an aromatic ring is 1. The van der Waals surface area contributed by atoms with Gasteiger partial charge in [0.1, 0.15) is 5.82 Å². The molecule has 1 aromatic heterocycles. The van der Waals surface area contributed by atoms with E-state index < -0.39 is 15.8 Å². The van der Waals surface area contributed by atoms with E-state index in [0.29, 0.717) is 0 Å². The van der Waals surface area contributed by atoms with Crippen LogP contribution in [0.25, 0.3) is 0 Å². The van der Waals surface area contributed by atoms with Crippen molar-refractivity contribution < 1.29 is 12.8 Å². The van der Waals surface area contributed by atoms with Crippen molar-refractivity contribution >= 4 is 21.4 Å². The number of nitrogens with zero attached hydrogens (tertiary/aromatic N) is 1. The van der Waals surface area contributed by atoms with E-state index in [0.717, 1.165) is 5.56 Å². The minimum absolute atomic E-state index is 0.00283. The van der Waals surface area contributed by atoms with Gasteiger partial charge in [0.05, 0.1) is 11.4 Å². The first-order valence-electron chi connectivity index (χ1n) is 5.39. The van der Waals surface area contributed by atoms with E-state index in [1.165, 1.54) is 30.5 Å². The van der Waals surface area contributed by atoms with Crippen LogP contribution in [-0.2, 0) is 10.0 Å². The molecule has 0 unspecified atom stereocenters. The van der Waals surface area contributed by atoms with Gasteiger partial charge in [-0.1, -0.05) is 6.07 Å². The van der Waals surface area contributed by atoms with Gasteiger partial charge >= 0.3 is 0 Å². The van der Waals surface area contributed by atoms with Crippen LogP contribution in [0.3, 0.4) is 0 Å². The van der Waals surface area contributed by atoms with Crippen LogP contribution in [0.2, 0.25) is 0 Å². The molecule has 2 aromatic rings. The summed E-state index contributed by atoms with van der Waals surface area (Å²) in [5, 5.41) is -0.323. The molecule has 0 bridgehead atoms. The summed E-state index contributed by atoms with van der Waals surface area (Å²) >= 11 is 0. The molecule has 0 saturated carbocycles. The normalized spacial score (nSPS) is 11.3. The predicted molar refractivity (Wildman–Crippen MR) is 70.6 cm³/mol. The van der Waals surface area contributed by atoms with Crippen molar-refractivity contribution in [1.29, 1.82) is 0 Å². The van der Waals surface area contributed by atoms with Crippen LogP contribution in [0.15, 0.2) is 41.6 Å². The molecule has 0 aliphatic heterocycles. The molecular formula is C12H12FN3O2S. The lowest BCUT2D eigenvalue weighted by Gasteiger charge is -2.10. The highest BCUT2D eigenvalue weighted by Gasteiger charge is 2.20. The third kappa shape index (κ3) is 2.82. The van der Waals surface area contributed by atoms with Gasteiger partial charge in [0.2, 0.25) is 0 Å². The third-order valence-electron chi connectivity index (χ3n) is 2.42. The first-order chi connectivity index (χ1) is 8.90. The van der Waals surface area contributed by atoms with Gasteiger partial charge in [0.15, 0.2) is 5.03 Å². The quantitative estimate of drug-likeness (QED) is 0.900. The lowest BCUT2D eigenvalue weighted by molar-refractivity contribution is 0.595. The van der Waals surface area contributed by atoms with Crippen molar-refractivity contribution in [3.8, 4) is 0 Å². The fourth-order valence-electron chi connectivity index (χ4n) is 1.54. The zero-order chi connectivity index (χ0) is 14.0. The number of benzene rings is 1. The Morgan fingerprint density at radius 3 is 2.74 bits per heavy atom. The lowest BCUT2D eigenvalue weighted by Crippen LogP contribution is -2.17. The Hall–Kier alpha value is -2.15. The van der Waals surface area contributed by atoms with Gasteiger partial charge < -0.3 is 5.73 Å². The monoisotopic (exact) mass is 281 g/mol. The Bertz CT molecular complexity index is 717. The average Bonchev–Trinajstić information content (AvgIpc) is 2.34. The second kappa shape index (κ2) is 4.85. The maximum atomic E-state index is 13.5. The Labute approximate surface area is 110 Å². The molecule has 0 saturated heterocycles. The number of halogens is 1. The number of pyridine rings is 1. The second-order valence-corrected chi connectivity index (χ2v) is 5.58. The topological polar surface area (TPSA) is 85.1 Å². The molecule has 3 N–H and O–H groups in total. The summed E-state index contributed by atoms with van der Waals surface area (Å²) in [6, 6.07) is 7.05. The van der Waals surface area contributed by atoms with Crippen molar-refractivity contribution in [3.05, 3.63) is 47.9 Å². The number of nitrogens with two attached hydrogens (primary N) is 1. The van der Waals surface area contributed by atoms with Crippen LogP contribution in [0.5, 0.6) is 0 Å². The molecule has 0 aliphatic carbocycles. The second-order valence-electron chi connectivity index (χ2n) is 3.99. The van der Waals surface area contributed by atoms with Gasteiger partial charge in [-0.05, 0) is 36.8 Å². The van der Waals surface area contributed by atoms with E-state index in [1.807, 2.05) is 0 Å². The van der Waals surface area contributed by atoms with Crippen LogP contribution in [0.1, 0.15) is 5.56 Å². The molecule has 7 heteroatoms. The average molecular weight is 281 g/mol. The van der Waals surface area contributed by atoms with Crippen molar-refractivity contribution in [2.45, 2.75) is 11.9 Å². The highest BCUT2D eigenvalue weighted by Crippen LogP contribution is 2.21. The molecule has 0 spiro atoms. The fraction of sp³-hybridized carbons (Fsp3) is 0.0833. The highest BCUT2D eigenvalue weighted by molar-refractivity contribution is 7.92. The van der Waals surface area contributed by atoms with Gasteiger partial charge in [0, 0.05) is 6.20 Å². The SMILES string of the molecule is Cc1ccc(F)c(NS(=O)(=O)c2ncccc2N)c1. The van der Waals surface area contributed by atoms with E-state index in [4.69, 9.17) is 5.73 Å². The number of sulfonamides is 1. The van der Waals surface area contributed by atoms with Crippen LogP contribution in [0, 0.1) is 12.7 Å². The predicted octanol–water partition coefficient (Wildman–Crippen LogP) is 1.91. The Balaban J connectivity index is 2.43. The molecule has 1 heterocycles. The molecule has 1 aromatic carbocycles. The summed E-state index contributed by atoms with van der Waals surface area (Å²) in [7, 11) is -4.01. The zero-order valence-electron chi connectivity index (χ0n) is 10.1. The number of nitrogens with one attached hydrogen (secondary N) is 1. The number of hydrogen-bond donors (Lipinski definition) is 2. The number of aromatic nitrogens is 1. The third-order valence-corrected chi connectivity index (χ3v) is 3.76. The first-order valence-corrected chi connectivity index (χ1v) is 6.88. The van der Waals surface area contributed by atoms with Crippen molar-refractivity contribution in [2.24, 2.45) is 0 Å². The van der Waals surface area contributed by atoms with E-state index in [1.54, 1.807) is 13.0 Å². The molecule has 0 aliphatic rings. The summed E-state index contributed by atoms with van der Waals surface area (Å²) in [5.74, 6) is -0.663. The Morgan fingerprint density at radius 2 is 2.05 bits per heavy atom. The minimum atomic E-state index is -4.01. The smallest absolute Gasteiger partial charge is 0.281 e. The molecular weight excluding hydrogens is 269 g/mol. The van der Waals surface area contributed by atoms with Gasteiger partial charge in [-0.3, -0.25) is 4.72 Å². The summed E-state index contributed by atoms with van der Waals surface area (Å²) in [5.41, 5.74) is 6.15. The van der Waals surface area contributed by atoms with Gasteiger partial charge in [0.25, 0.3) is 10.0 Å². The van der Waals surface area contributed by atoms with Crippen molar-refractivity contribution in [3.63, 3.8) is 0 Å². The summed E-state index contributed by atoms with van der Waals surface area (Å²) < 4.78 is 39.8. The minimum Gasteiger partial charge on any atom is -0.396 e. The molecule has 0 radical (unpaired) electrons. The van der Waals surface area contributed by atoms with Crippen LogP contribution in [-0.4, -0.2) is 13.4 Å². The molecule has 0 amide bonds. The number of rotatable bonds is 3. The van der Waals surface area contributed by atoms with Crippen LogP contribution >= 0.6 is 0 Å². The molecule has 2 rings (SSSR count). The first kappa shape index (κ1) is 13.3. The largest absolute Gasteiger partial charge is 0.396 e. The van der Waals surface area contributed by atoms with Crippen LogP contribution < -0.4 is 10.5 Å². The molecule has 0 fully saturated rings. The van der Waals surface area contributed by atoms with Gasteiger partial charge in [-0.25, -0.2) is 9.37 Å². The Morgan fingerprint density at radius 1 is 1.32 bits per heavy atom. The van der Waals surface area contributed by atoms with Crippen LogP contribution in [0.4, 0.5) is 15.8 Å². The van der Waals surface area contributed by atoms with E-state index in [2.05, 4.69) is 9.71 Å². The lowest BCUT2D eigenvalue weighted by atomic mass is 10.2. The summed E-state index contributed by atoms with van der Waals surface area (Å²) in [6.45, 7) is 1.73. The fourth-order valence-corrected chi connectivity index (χ4v) is 2.66. The maximum absolute atomic E-state index is 13.5. The van der Waals surface area contributed by atoms with Crippen molar-refractivity contribution in [1.82, 2.24) is 4.98 Å². The molecule has 19 heavy (non-hydrogen) atoms. The van der Waals surface area contributed by atoms with Crippen molar-refractivity contribution in [2.75, 3.05) is 10.5 Å². The van der Waals surface area contributed by atoms with E-state index in [-0.39, 0.29) is 16.4 Å². The molecule has 5 nitrogen and oxygen atoms in total. The van der Waals surface area contributed by atoms with E-state index >= 15 is 0 Å².